The Morgan fingerprint density at radius 3 is 0.549 bits per heavy atom. The SMILES string of the molecule is CC(C)(C)c1ccccc1C1(c2ccccc2C(C)(C)C)CCC(OP(OC2CCC(c3ccccc3C(C)(C)C)(c3ccccc3C(C)(C)C)CC2)OC2CCC(c3ccccc3C(C)(C)C)(c3ccccc3C(C)(C)C)CC2)CC1. The Morgan fingerprint density at radius 2 is 0.402 bits per heavy atom. The largest absolute Gasteiger partial charge is 0.333 e. The Hall–Kier alpha value is -4.37. The molecule has 3 nitrogen and oxygen atoms in total. The molecule has 0 bridgehead atoms. The third kappa shape index (κ3) is 12.8. The fraction of sp³-hybridized carbons (Fsp3) is 0.538. The van der Waals surface area contributed by atoms with Gasteiger partial charge in [0.2, 0.25) is 0 Å². The molecule has 0 radical (unpaired) electrons. The molecule has 6 aromatic carbocycles. The van der Waals surface area contributed by atoms with Crippen molar-refractivity contribution < 1.29 is 13.6 Å². The van der Waals surface area contributed by atoms with Crippen LogP contribution < -0.4 is 0 Å². The van der Waals surface area contributed by atoms with Gasteiger partial charge >= 0.3 is 8.60 Å². The molecule has 3 aliphatic rings. The van der Waals surface area contributed by atoms with Gasteiger partial charge in [0, 0.05) is 16.2 Å². The number of benzene rings is 6. The van der Waals surface area contributed by atoms with Crippen LogP contribution in [0.1, 0.15) is 268 Å². The molecule has 82 heavy (non-hydrogen) atoms. The smallest absolute Gasteiger partial charge is 0.309 e. The highest BCUT2D eigenvalue weighted by Gasteiger charge is 2.49. The molecule has 0 aliphatic heterocycles. The highest BCUT2D eigenvalue weighted by atomic mass is 31.2. The van der Waals surface area contributed by atoms with Gasteiger partial charge in [-0.05, 0) is 176 Å². The van der Waals surface area contributed by atoms with Gasteiger partial charge in [0.05, 0.1) is 18.3 Å². The van der Waals surface area contributed by atoms with Crippen LogP contribution in [0.5, 0.6) is 0 Å². The third-order valence-electron chi connectivity index (χ3n) is 19.6. The van der Waals surface area contributed by atoms with Gasteiger partial charge in [0.15, 0.2) is 0 Å². The molecule has 0 amide bonds. The summed E-state index contributed by atoms with van der Waals surface area (Å²) >= 11 is 0. The van der Waals surface area contributed by atoms with Crippen LogP contribution in [-0.2, 0) is 62.3 Å². The molecule has 0 spiro atoms. The van der Waals surface area contributed by atoms with E-state index >= 15 is 0 Å². The fourth-order valence-corrected chi connectivity index (χ4v) is 16.9. The van der Waals surface area contributed by atoms with E-state index in [0.717, 1.165) is 77.0 Å². The van der Waals surface area contributed by atoms with Crippen molar-refractivity contribution in [2.45, 2.75) is 269 Å². The highest BCUT2D eigenvalue weighted by Crippen LogP contribution is 2.59. The van der Waals surface area contributed by atoms with Crippen LogP contribution in [0.3, 0.4) is 0 Å². The van der Waals surface area contributed by atoms with E-state index in [4.69, 9.17) is 13.6 Å². The maximum absolute atomic E-state index is 7.58. The number of hydrogen-bond acceptors (Lipinski definition) is 3. The summed E-state index contributed by atoms with van der Waals surface area (Å²) in [5.74, 6) is 0. The van der Waals surface area contributed by atoms with Gasteiger partial charge < -0.3 is 13.6 Å². The summed E-state index contributed by atoms with van der Waals surface area (Å²) in [7, 11) is -1.70. The van der Waals surface area contributed by atoms with E-state index in [1.165, 1.54) is 66.8 Å². The van der Waals surface area contributed by atoms with Crippen LogP contribution >= 0.6 is 8.60 Å². The van der Waals surface area contributed by atoms with E-state index in [1.54, 1.807) is 0 Å². The molecule has 6 aromatic rings. The van der Waals surface area contributed by atoms with Crippen molar-refractivity contribution in [1.29, 1.82) is 0 Å². The highest BCUT2D eigenvalue weighted by molar-refractivity contribution is 7.41. The molecule has 3 saturated carbocycles. The van der Waals surface area contributed by atoms with Crippen LogP contribution in [0.4, 0.5) is 0 Å². The van der Waals surface area contributed by atoms with Crippen LogP contribution in [0, 0.1) is 0 Å². The molecule has 0 atom stereocenters. The number of rotatable bonds is 12. The molecule has 3 fully saturated rings. The molecule has 0 N–H and O–H groups in total. The molecule has 0 aromatic heterocycles. The third-order valence-corrected chi connectivity index (χ3v) is 21.0. The second kappa shape index (κ2) is 23.5. The summed E-state index contributed by atoms with van der Waals surface area (Å²) in [6, 6.07) is 56.2. The summed E-state index contributed by atoms with van der Waals surface area (Å²) in [6.07, 6.45) is 11.7. The first-order chi connectivity index (χ1) is 38.4. The predicted molar refractivity (Wildman–Crippen MR) is 350 cm³/mol. The minimum absolute atomic E-state index is 0.00786. The van der Waals surface area contributed by atoms with E-state index in [9.17, 15) is 0 Å². The van der Waals surface area contributed by atoms with Crippen molar-refractivity contribution in [1.82, 2.24) is 0 Å². The number of hydrogen-bond donors (Lipinski definition) is 0. The average Bonchev–Trinajstić information content (AvgIpc) is 3.47. The van der Waals surface area contributed by atoms with Gasteiger partial charge in [-0.1, -0.05) is 270 Å². The van der Waals surface area contributed by atoms with Crippen molar-refractivity contribution in [3.8, 4) is 0 Å². The minimum Gasteiger partial charge on any atom is -0.309 e. The first kappa shape index (κ1) is 62.2. The lowest BCUT2D eigenvalue weighted by Crippen LogP contribution is -2.40. The first-order valence-corrected chi connectivity index (χ1v) is 32.9. The summed E-state index contributed by atoms with van der Waals surface area (Å²) in [5, 5.41) is 0. The Morgan fingerprint density at radius 1 is 0.256 bits per heavy atom. The van der Waals surface area contributed by atoms with Crippen molar-refractivity contribution in [2.75, 3.05) is 0 Å². The Balaban J connectivity index is 1.07. The summed E-state index contributed by atoms with van der Waals surface area (Å²) < 4.78 is 22.7. The minimum atomic E-state index is -1.70. The molecular weight excluding hydrogens is 1020 g/mol. The van der Waals surface area contributed by atoms with Gasteiger partial charge in [0.25, 0.3) is 0 Å². The molecule has 0 heterocycles. The quantitative estimate of drug-likeness (QED) is 0.114. The second-order valence-electron chi connectivity index (χ2n) is 31.7. The lowest BCUT2D eigenvalue weighted by atomic mass is 9.59. The zero-order valence-corrected chi connectivity index (χ0v) is 55.1. The fourth-order valence-electron chi connectivity index (χ4n) is 15.4. The van der Waals surface area contributed by atoms with Crippen molar-refractivity contribution in [2.24, 2.45) is 0 Å². The molecule has 9 rings (SSSR count). The van der Waals surface area contributed by atoms with Crippen molar-refractivity contribution in [3.05, 3.63) is 212 Å². The van der Waals surface area contributed by atoms with E-state index in [2.05, 4.69) is 270 Å². The van der Waals surface area contributed by atoms with Crippen LogP contribution in [0.2, 0.25) is 0 Å². The van der Waals surface area contributed by atoms with E-state index in [0.29, 0.717) is 0 Å². The molecule has 3 aliphatic carbocycles. The van der Waals surface area contributed by atoms with Crippen LogP contribution in [0.15, 0.2) is 146 Å². The lowest BCUT2D eigenvalue weighted by Gasteiger charge is -2.47. The summed E-state index contributed by atoms with van der Waals surface area (Å²) in [6.45, 7) is 42.9. The lowest BCUT2D eigenvalue weighted by molar-refractivity contribution is 0.0219. The molecule has 0 saturated heterocycles. The Labute approximate surface area is 500 Å². The predicted octanol–water partition coefficient (Wildman–Crippen LogP) is 21.8. The molecule has 0 unspecified atom stereocenters. The molecule has 4 heteroatoms. The molecule has 440 valence electrons. The second-order valence-corrected chi connectivity index (χ2v) is 32.7. The van der Waals surface area contributed by atoms with Gasteiger partial charge in [-0.2, -0.15) is 0 Å². The van der Waals surface area contributed by atoms with Crippen LogP contribution in [0.25, 0.3) is 0 Å². The maximum atomic E-state index is 7.58. The normalized spacial score (nSPS) is 18.9. The van der Waals surface area contributed by atoms with Gasteiger partial charge in [-0.25, -0.2) is 0 Å². The summed E-state index contributed by atoms with van der Waals surface area (Å²) in [5.41, 5.74) is 17.0. The van der Waals surface area contributed by atoms with Gasteiger partial charge in [0.1, 0.15) is 0 Å². The zero-order valence-electron chi connectivity index (χ0n) is 54.2. The molecular formula is C78H105O3P. The van der Waals surface area contributed by atoms with Gasteiger partial charge in [-0.3, -0.25) is 0 Å². The summed E-state index contributed by atoms with van der Waals surface area (Å²) in [4.78, 5) is 0. The Kier molecular flexibility index (Phi) is 17.8. The first-order valence-electron chi connectivity index (χ1n) is 31.8. The monoisotopic (exact) mass is 1120 g/mol. The van der Waals surface area contributed by atoms with E-state index in [1.807, 2.05) is 0 Å². The van der Waals surface area contributed by atoms with E-state index < -0.39 is 8.60 Å². The van der Waals surface area contributed by atoms with Gasteiger partial charge in [-0.15, -0.1) is 0 Å². The average molecular weight is 1120 g/mol. The standard InChI is InChI=1S/C78H105O3P/c1-70(2,3)58-31-19-25-37-64(58)76(65-38-26-20-32-59(65)71(4,5)6)49-43-55(44-50-76)79-82(80-56-45-51-77(52-46-56,66-39-27-21-33-60(66)72(7,8)9)67-40-28-22-34-61(67)73(10,11)12)81-57-47-53-78(54-48-57,68-41-29-23-35-62(68)74(13,14)15)69-42-30-24-36-63(69)75(16,17)18/h19-42,55-57H,43-54H2,1-18H3. The Bertz CT molecular complexity index is 2600. The zero-order chi connectivity index (χ0) is 59.3. The van der Waals surface area contributed by atoms with Crippen molar-refractivity contribution >= 4 is 8.60 Å². The van der Waals surface area contributed by atoms with E-state index in [-0.39, 0.29) is 67.0 Å². The van der Waals surface area contributed by atoms with Crippen molar-refractivity contribution in [3.63, 3.8) is 0 Å². The van der Waals surface area contributed by atoms with Crippen LogP contribution in [-0.4, -0.2) is 18.3 Å². The topological polar surface area (TPSA) is 27.7 Å². The maximum Gasteiger partial charge on any atom is 0.333 e.